The van der Waals surface area contributed by atoms with Crippen molar-refractivity contribution in [1.82, 2.24) is 4.90 Å². The third kappa shape index (κ3) is 3.07. The highest BCUT2D eigenvalue weighted by molar-refractivity contribution is 5.32. The van der Waals surface area contributed by atoms with Gasteiger partial charge < -0.3 is 5.73 Å². The largest absolute Gasteiger partial charge is 0.329 e. The van der Waals surface area contributed by atoms with Crippen LogP contribution < -0.4 is 5.73 Å². The van der Waals surface area contributed by atoms with E-state index in [0.29, 0.717) is 5.92 Å². The summed E-state index contributed by atoms with van der Waals surface area (Å²) in [6, 6.07) is 9.00. The number of rotatable bonds is 6. The van der Waals surface area contributed by atoms with E-state index in [-0.39, 0.29) is 5.54 Å². The van der Waals surface area contributed by atoms with Gasteiger partial charge in [-0.2, -0.15) is 0 Å². The van der Waals surface area contributed by atoms with Gasteiger partial charge in [0.2, 0.25) is 0 Å². The Morgan fingerprint density at radius 3 is 2.70 bits per heavy atom. The van der Waals surface area contributed by atoms with Crippen LogP contribution in [0.4, 0.5) is 0 Å². The van der Waals surface area contributed by atoms with Crippen LogP contribution in [0.1, 0.15) is 57.1 Å². The molecule has 0 aromatic heterocycles. The lowest BCUT2D eigenvalue weighted by Gasteiger charge is -2.42. The Balaban J connectivity index is 2.17. The van der Waals surface area contributed by atoms with E-state index in [2.05, 4.69) is 49.9 Å². The molecule has 0 heterocycles. The zero-order valence-corrected chi connectivity index (χ0v) is 13.4. The molecule has 1 aliphatic carbocycles. The number of benzene rings is 1. The van der Waals surface area contributed by atoms with Crippen molar-refractivity contribution in [3.63, 3.8) is 0 Å². The van der Waals surface area contributed by atoms with Crippen molar-refractivity contribution in [3.05, 3.63) is 35.4 Å². The van der Waals surface area contributed by atoms with Crippen molar-refractivity contribution in [2.75, 3.05) is 19.6 Å². The molecule has 0 aliphatic heterocycles. The van der Waals surface area contributed by atoms with Gasteiger partial charge in [-0.3, -0.25) is 4.90 Å². The highest BCUT2D eigenvalue weighted by Gasteiger charge is 2.31. The topological polar surface area (TPSA) is 29.3 Å². The van der Waals surface area contributed by atoms with Gasteiger partial charge in [-0.1, -0.05) is 38.1 Å². The molecule has 0 saturated heterocycles. The predicted octanol–water partition coefficient (Wildman–Crippen LogP) is 3.56. The maximum Gasteiger partial charge on any atom is 0.0301 e. The molecule has 1 aromatic rings. The molecule has 0 radical (unpaired) electrons. The van der Waals surface area contributed by atoms with E-state index in [4.69, 9.17) is 5.73 Å². The fourth-order valence-corrected chi connectivity index (χ4v) is 3.54. The van der Waals surface area contributed by atoms with E-state index in [1.54, 1.807) is 11.1 Å². The Kier molecular flexibility index (Phi) is 5.22. The van der Waals surface area contributed by atoms with Gasteiger partial charge >= 0.3 is 0 Å². The van der Waals surface area contributed by atoms with E-state index >= 15 is 0 Å². The molecule has 112 valence electrons. The molecule has 0 saturated carbocycles. The van der Waals surface area contributed by atoms with E-state index in [9.17, 15) is 0 Å². The van der Waals surface area contributed by atoms with Crippen molar-refractivity contribution >= 4 is 0 Å². The molecule has 2 N–H and O–H groups in total. The van der Waals surface area contributed by atoms with Crippen LogP contribution in [0.3, 0.4) is 0 Å². The lowest BCUT2D eigenvalue weighted by Crippen LogP contribution is -2.52. The Morgan fingerprint density at radius 2 is 2.05 bits per heavy atom. The van der Waals surface area contributed by atoms with Crippen LogP contribution in [0, 0.1) is 0 Å². The van der Waals surface area contributed by atoms with Crippen LogP contribution in [0.15, 0.2) is 24.3 Å². The minimum absolute atomic E-state index is 0.140. The van der Waals surface area contributed by atoms with E-state index in [1.807, 2.05) is 0 Å². The monoisotopic (exact) mass is 274 g/mol. The Labute approximate surface area is 124 Å². The second kappa shape index (κ2) is 6.73. The summed E-state index contributed by atoms with van der Waals surface area (Å²) in [5.41, 5.74) is 9.33. The highest BCUT2D eigenvalue weighted by Crippen LogP contribution is 2.33. The second-order valence-corrected chi connectivity index (χ2v) is 6.38. The SMILES string of the molecule is CCN(CC1CCCc2ccccc21)C(C)(CC)CN. The first-order valence-electron chi connectivity index (χ1n) is 8.17. The minimum atomic E-state index is 0.140. The van der Waals surface area contributed by atoms with Crippen LogP contribution in [-0.4, -0.2) is 30.1 Å². The summed E-state index contributed by atoms with van der Waals surface area (Å²) in [7, 11) is 0. The summed E-state index contributed by atoms with van der Waals surface area (Å²) in [4.78, 5) is 2.60. The number of nitrogens with zero attached hydrogens (tertiary/aromatic N) is 1. The summed E-state index contributed by atoms with van der Waals surface area (Å²) in [6.07, 6.45) is 5.01. The molecular weight excluding hydrogens is 244 g/mol. The standard InChI is InChI=1S/C18H30N2/c1-4-18(3,14-19)20(5-2)13-16-11-8-10-15-9-6-7-12-17(15)16/h6-7,9,12,16H,4-5,8,10-11,13-14,19H2,1-3H3. The van der Waals surface area contributed by atoms with Crippen LogP contribution in [0.25, 0.3) is 0 Å². The molecule has 1 aromatic carbocycles. The fourth-order valence-electron chi connectivity index (χ4n) is 3.54. The molecule has 2 atom stereocenters. The van der Waals surface area contributed by atoms with Gasteiger partial charge in [0.25, 0.3) is 0 Å². The number of hydrogen-bond donors (Lipinski definition) is 1. The number of aryl methyl sites for hydroxylation is 1. The molecule has 0 fully saturated rings. The van der Waals surface area contributed by atoms with Gasteiger partial charge in [-0.15, -0.1) is 0 Å². The van der Waals surface area contributed by atoms with E-state index in [1.165, 1.54) is 19.3 Å². The van der Waals surface area contributed by atoms with Gasteiger partial charge in [0.1, 0.15) is 0 Å². The zero-order chi connectivity index (χ0) is 14.6. The third-order valence-electron chi connectivity index (χ3n) is 5.28. The van der Waals surface area contributed by atoms with Gasteiger partial charge in [0.05, 0.1) is 0 Å². The molecule has 0 spiro atoms. The summed E-state index contributed by atoms with van der Waals surface area (Å²) >= 11 is 0. The summed E-state index contributed by atoms with van der Waals surface area (Å²) in [5, 5.41) is 0. The average Bonchev–Trinajstić information content (AvgIpc) is 2.52. The van der Waals surface area contributed by atoms with Crippen molar-refractivity contribution < 1.29 is 0 Å². The first-order chi connectivity index (χ1) is 9.64. The van der Waals surface area contributed by atoms with E-state index in [0.717, 1.165) is 26.1 Å². The van der Waals surface area contributed by atoms with Crippen molar-refractivity contribution in [2.45, 2.75) is 57.9 Å². The maximum atomic E-state index is 6.05. The summed E-state index contributed by atoms with van der Waals surface area (Å²) in [5.74, 6) is 0.678. The second-order valence-electron chi connectivity index (χ2n) is 6.38. The Hall–Kier alpha value is -0.860. The van der Waals surface area contributed by atoms with Crippen molar-refractivity contribution in [3.8, 4) is 0 Å². The first kappa shape index (κ1) is 15.5. The lowest BCUT2D eigenvalue weighted by molar-refractivity contribution is 0.102. The summed E-state index contributed by atoms with van der Waals surface area (Å²) in [6.45, 7) is 9.80. The number of nitrogens with two attached hydrogens (primary N) is 1. The number of hydrogen-bond acceptors (Lipinski definition) is 2. The molecule has 0 bridgehead atoms. The molecule has 1 aliphatic rings. The first-order valence-corrected chi connectivity index (χ1v) is 8.17. The fraction of sp³-hybridized carbons (Fsp3) is 0.667. The van der Waals surface area contributed by atoms with Gasteiger partial charge in [0, 0.05) is 18.6 Å². The van der Waals surface area contributed by atoms with Gasteiger partial charge in [0.15, 0.2) is 0 Å². The molecule has 20 heavy (non-hydrogen) atoms. The van der Waals surface area contributed by atoms with Crippen LogP contribution in [0.2, 0.25) is 0 Å². The van der Waals surface area contributed by atoms with Crippen LogP contribution in [-0.2, 0) is 6.42 Å². The van der Waals surface area contributed by atoms with Crippen LogP contribution >= 0.6 is 0 Å². The molecule has 2 rings (SSSR count). The molecule has 2 heteroatoms. The smallest absolute Gasteiger partial charge is 0.0301 e. The summed E-state index contributed by atoms with van der Waals surface area (Å²) < 4.78 is 0. The lowest BCUT2D eigenvalue weighted by atomic mass is 9.81. The van der Waals surface area contributed by atoms with Gasteiger partial charge in [-0.05, 0) is 56.2 Å². The normalized spacial score (nSPS) is 21.6. The maximum absolute atomic E-state index is 6.05. The number of likely N-dealkylation sites (N-methyl/N-ethyl adjacent to an activating group) is 1. The van der Waals surface area contributed by atoms with E-state index < -0.39 is 0 Å². The number of fused-ring (bicyclic) bond motifs is 1. The Bertz CT molecular complexity index is 423. The van der Waals surface area contributed by atoms with Crippen LogP contribution in [0.5, 0.6) is 0 Å². The molecule has 2 nitrogen and oxygen atoms in total. The molecular formula is C18H30N2. The quantitative estimate of drug-likeness (QED) is 0.859. The van der Waals surface area contributed by atoms with Gasteiger partial charge in [-0.25, -0.2) is 0 Å². The predicted molar refractivity (Wildman–Crippen MR) is 87.1 cm³/mol. The minimum Gasteiger partial charge on any atom is -0.329 e. The zero-order valence-electron chi connectivity index (χ0n) is 13.4. The molecule has 0 amide bonds. The highest BCUT2D eigenvalue weighted by atomic mass is 15.2. The third-order valence-corrected chi connectivity index (χ3v) is 5.28. The van der Waals surface area contributed by atoms with Crippen molar-refractivity contribution in [1.29, 1.82) is 0 Å². The molecule has 2 unspecified atom stereocenters. The Morgan fingerprint density at radius 1 is 1.30 bits per heavy atom. The average molecular weight is 274 g/mol. The van der Waals surface area contributed by atoms with Crippen molar-refractivity contribution in [2.24, 2.45) is 5.73 Å².